The van der Waals surface area contributed by atoms with Crippen LogP contribution in [0.15, 0.2) is 18.2 Å². The van der Waals surface area contributed by atoms with Crippen molar-refractivity contribution in [3.05, 3.63) is 29.6 Å². The number of amides is 1. The molecule has 1 amide bonds. The van der Waals surface area contributed by atoms with Crippen molar-refractivity contribution in [3.8, 4) is 0 Å². The third-order valence-corrected chi connectivity index (χ3v) is 2.03. The number of hydrogen-bond acceptors (Lipinski definition) is 2. The van der Waals surface area contributed by atoms with Gasteiger partial charge in [-0.15, -0.1) is 0 Å². The van der Waals surface area contributed by atoms with Gasteiger partial charge in [-0.05, 0) is 24.6 Å². The Bertz CT molecular complexity index is 487. The topological polar surface area (TPSA) is 71.8 Å². The number of nitrogens with one attached hydrogen (secondary N) is 1. The van der Waals surface area contributed by atoms with Crippen molar-refractivity contribution in [2.24, 2.45) is 5.73 Å². The highest BCUT2D eigenvalue weighted by Crippen LogP contribution is 2.13. The second-order valence-electron chi connectivity index (χ2n) is 3.35. The van der Waals surface area contributed by atoms with Gasteiger partial charge in [0.25, 0.3) is 0 Å². The van der Waals surface area contributed by atoms with Gasteiger partial charge < -0.3 is 10.7 Å². The third-order valence-electron chi connectivity index (χ3n) is 2.03. The molecular weight excluding hydrogens is 178 g/mol. The maximum Gasteiger partial charge on any atom is 0.225 e. The Kier molecular flexibility index (Phi) is 1.96. The zero-order valence-corrected chi connectivity index (χ0v) is 7.87. The standard InChI is InChI=1S/C10H11N3O/c1-6-2-3-7-8(4-6)13-10(12-7)5-9(11)14/h2-4H,5H2,1H3,(H2,11,14)(H,12,13). The van der Waals surface area contributed by atoms with Crippen molar-refractivity contribution in [2.45, 2.75) is 13.3 Å². The molecule has 0 saturated carbocycles. The first-order valence-electron chi connectivity index (χ1n) is 4.39. The molecule has 0 fully saturated rings. The van der Waals surface area contributed by atoms with Crippen LogP contribution in [0.2, 0.25) is 0 Å². The predicted molar refractivity (Wildman–Crippen MR) is 53.7 cm³/mol. The normalized spacial score (nSPS) is 10.6. The van der Waals surface area contributed by atoms with E-state index >= 15 is 0 Å². The van der Waals surface area contributed by atoms with Gasteiger partial charge >= 0.3 is 0 Å². The van der Waals surface area contributed by atoms with Gasteiger partial charge in [0.15, 0.2) is 0 Å². The van der Waals surface area contributed by atoms with Crippen LogP contribution in [0.1, 0.15) is 11.4 Å². The summed E-state index contributed by atoms with van der Waals surface area (Å²) in [5.41, 5.74) is 8.05. The smallest absolute Gasteiger partial charge is 0.225 e. The molecule has 14 heavy (non-hydrogen) atoms. The minimum Gasteiger partial charge on any atom is -0.369 e. The zero-order chi connectivity index (χ0) is 10.1. The molecule has 2 rings (SSSR count). The number of H-pyrrole nitrogens is 1. The van der Waals surface area contributed by atoms with Crippen molar-refractivity contribution in [2.75, 3.05) is 0 Å². The number of nitrogens with two attached hydrogens (primary N) is 1. The van der Waals surface area contributed by atoms with E-state index in [-0.39, 0.29) is 12.3 Å². The number of nitrogens with zero attached hydrogens (tertiary/aromatic N) is 1. The van der Waals surface area contributed by atoms with E-state index in [1.807, 2.05) is 25.1 Å². The van der Waals surface area contributed by atoms with Gasteiger partial charge in [0.05, 0.1) is 17.5 Å². The van der Waals surface area contributed by atoms with Crippen molar-refractivity contribution >= 4 is 16.9 Å². The number of carbonyl (C=O) groups is 1. The maximum absolute atomic E-state index is 10.7. The Morgan fingerprint density at radius 2 is 2.36 bits per heavy atom. The van der Waals surface area contributed by atoms with Crippen LogP contribution < -0.4 is 5.73 Å². The fraction of sp³-hybridized carbons (Fsp3) is 0.200. The molecule has 0 aliphatic carbocycles. The molecule has 0 bridgehead atoms. The van der Waals surface area contributed by atoms with Crippen molar-refractivity contribution in [1.82, 2.24) is 9.97 Å². The Morgan fingerprint density at radius 1 is 1.57 bits per heavy atom. The minimum absolute atomic E-state index is 0.160. The molecule has 4 heteroatoms. The van der Waals surface area contributed by atoms with Gasteiger partial charge in [-0.1, -0.05) is 6.07 Å². The van der Waals surface area contributed by atoms with E-state index in [1.165, 1.54) is 0 Å². The summed E-state index contributed by atoms with van der Waals surface area (Å²) in [7, 11) is 0. The number of benzene rings is 1. The average Bonchev–Trinajstić information content (AvgIpc) is 2.44. The first-order valence-corrected chi connectivity index (χ1v) is 4.39. The van der Waals surface area contributed by atoms with E-state index in [9.17, 15) is 4.79 Å². The Morgan fingerprint density at radius 3 is 3.07 bits per heavy atom. The van der Waals surface area contributed by atoms with E-state index in [0.29, 0.717) is 5.82 Å². The van der Waals surface area contributed by atoms with Crippen LogP contribution in [0, 0.1) is 6.92 Å². The third kappa shape index (κ3) is 1.59. The lowest BCUT2D eigenvalue weighted by atomic mass is 10.2. The number of hydrogen-bond donors (Lipinski definition) is 2. The van der Waals surface area contributed by atoms with Crippen LogP contribution in [0.5, 0.6) is 0 Å². The molecule has 1 aromatic heterocycles. The molecule has 0 radical (unpaired) electrons. The van der Waals surface area contributed by atoms with Gasteiger partial charge in [0.2, 0.25) is 5.91 Å². The largest absolute Gasteiger partial charge is 0.369 e. The summed E-state index contributed by atoms with van der Waals surface area (Å²) in [6.45, 7) is 2.01. The molecule has 0 saturated heterocycles. The van der Waals surface area contributed by atoms with Crippen LogP contribution >= 0.6 is 0 Å². The van der Waals surface area contributed by atoms with Crippen LogP contribution in [0.4, 0.5) is 0 Å². The van der Waals surface area contributed by atoms with E-state index in [1.54, 1.807) is 0 Å². The van der Waals surface area contributed by atoms with Crippen LogP contribution in [-0.2, 0) is 11.2 Å². The second kappa shape index (κ2) is 3.14. The molecule has 4 nitrogen and oxygen atoms in total. The van der Waals surface area contributed by atoms with Crippen molar-refractivity contribution in [3.63, 3.8) is 0 Å². The average molecular weight is 189 g/mol. The lowest BCUT2D eigenvalue weighted by molar-refractivity contribution is -0.117. The van der Waals surface area contributed by atoms with E-state index in [0.717, 1.165) is 16.6 Å². The molecule has 2 aromatic rings. The van der Waals surface area contributed by atoms with E-state index in [4.69, 9.17) is 5.73 Å². The number of primary amides is 1. The van der Waals surface area contributed by atoms with Gasteiger partial charge in [0, 0.05) is 0 Å². The lowest BCUT2D eigenvalue weighted by Crippen LogP contribution is -2.14. The molecule has 0 atom stereocenters. The Labute approximate surface area is 81.1 Å². The van der Waals surface area contributed by atoms with Crippen LogP contribution in [0.3, 0.4) is 0 Å². The second-order valence-corrected chi connectivity index (χ2v) is 3.35. The Hall–Kier alpha value is -1.84. The SMILES string of the molecule is Cc1ccc2nc(CC(N)=O)[nH]c2c1. The number of aromatic amines is 1. The molecule has 0 aliphatic rings. The summed E-state index contributed by atoms with van der Waals surface area (Å²) in [6.07, 6.45) is 0.160. The monoisotopic (exact) mass is 189 g/mol. The van der Waals surface area contributed by atoms with Gasteiger partial charge in [-0.25, -0.2) is 4.98 Å². The number of aryl methyl sites for hydroxylation is 1. The number of fused-ring (bicyclic) bond motifs is 1. The summed E-state index contributed by atoms with van der Waals surface area (Å²) < 4.78 is 0. The summed E-state index contributed by atoms with van der Waals surface area (Å²) in [5, 5.41) is 0. The maximum atomic E-state index is 10.7. The Balaban J connectivity index is 2.46. The summed E-state index contributed by atoms with van der Waals surface area (Å²) in [6, 6.07) is 5.90. The zero-order valence-electron chi connectivity index (χ0n) is 7.87. The fourth-order valence-corrected chi connectivity index (χ4v) is 1.43. The predicted octanol–water partition coefficient (Wildman–Crippen LogP) is 0.899. The molecule has 3 N–H and O–H groups in total. The molecule has 1 heterocycles. The lowest BCUT2D eigenvalue weighted by Gasteiger charge is -1.89. The molecule has 72 valence electrons. The van der Waals surface area contributed by atoms with Gasteiger partial charge in [-0.3, -0.25) is 4.79 Å². The summed E-state index contributed by atoms with van der Waals surface area (Å²) >= 11 is 0. The molecule has 0 aliphatic heterocycles. The quantitative estimate of drug-likeness (QED) is 0.736. The van der Waals surface area contributed by atoms with Crippen LogP contribution in [0.25, 0.3) is 11.0 Å². The highest BCUT2D eigenvalue weighted by atomic mass is 16.1. The first kappa shape index (κ1) is 8.74. The number of aromatic nitrogens is 2. The van der Waals surface area contributed by atoms with Gasteiger partial charge in [-0.2, -0.15) is 0 Å². The minimum atomic E-state index is -0.374. The van der Waals surface area contributed by atoms with E-state index < -0.39 is 0 Å². The highest BCUT2D eigenvalue weighted by Gasteiger charge is 2.04. The van der Waals surface area contributed by atoms with Gasteiger partial charge in [0.1, 0.15) is 5.82 Å². The number of imidazole rings is 1. The fourth-order valence-electron chi connectivity index (χ4n) is 1.43. The van der Waals surface area contributed by atoms with Crippen molar-refractivity contribution in [1.29, 1.82) is 0 Å². The number of rotatable bonds is 2. The molecular formula is C10H11N3O. The molecule has 1 aromatic carbocycles. The number of carbonyl (C=O) groups excluding carboxylic acids is 1. The highest BCUT2D eigenvalue weighted by molar-refractivity contribution is 5.79. The first-order chi connectivity index (χ1) is 6.65. The van der Waals surface area contributed by atoms with Crippen molar-refractivity contribution < 1.29 is 4.79 Å². The summed E-state index contributed by atoms with van der Waals surface area (Å²) in [4.78, 5) is 18.0. The van der Waals surface area contributed by atoms with E-state index in [2.05, 4.69) is 9.97 Å². The molecule has 0 spiro atoms. The molecule has 0 unspecified atom stereocenters. The van der Waals surface area contributed by atoms with Crippen LogP contribution in [-0.4, -0.2) is 15.9 Å². The summed E-state index contributed by atoms with van der Waals surface area (Å²) in [5.74, 6) is 0.249.